The maximum Gasteiger partial charge on any atom is 0.210 e. The minimum Gasteiger partial charge on any atom is -0.453 e. The molecule has 142 heavy (non-hydrogen) atoms. The predicted octanol–water partition coefficient (Wildman–Crippen LogP) is 33.3. The molecule has 27 aromatic rings. The topological polar surface area (TPSA) is 205 Å². The summed E-state index contributed by atoms with van der Waals surface area (Å²) in [6.45, 7) is 0. The summed E-state index contributed by atoms with van der Waals surface area (Å²) in [4.78, 5) is 6.10. The van der Waals surface area contributed by atoms with Crippen molar-refractivity contribution in [2.45, 2.75) is 0 Å². The Bertz CT molecular complexity index is 8360. The summed E-state index contributed by atoms with van der Waals surface area (Å²) in [5, 5.41) is 37.6. The van der Waals surface area contributed by atoms with Gasteiger partial charge in [0.05, 0.1) is 28.7 Å². The summed E-state index contributed by atoms with van der Waals surface area (Å²) in [5.41, 5.74) is 18.6. The number of nitrogens with zero attached hydrogens (tertiary/aromatic N) is 9. The number of aromatic nitrogens is 9. The van der Waals surface area contributed by atoms with Crippen LogP contribution in [0.25, 0.3) is 235 Å². The molecule has 0 aliphatic heterocycles. The number of oxazole rings is 1. The van der Waals surface area contributed by atoms with E-state index in [1.54, 1.807) is 17.3 Å². The van der Waals surface area contributed by atoms with Crippen LogP contribution in [0, 0.1) is 0 Å². The lowest BCUT2D eigenvalue weighted by Crippen LogP contribution is -1.99. The zero-order chi connectivity index (χ0) is 94.7. The molecule has 17 heteroatoms. The van der Waals surface area contributed by atoms with Crippen LogP contribution < -0.4 is 0 Å². The first-order valence-corrected chi connectivity index (χ1v) is 46.5. The van der Waals surface area contributed by atoms with Crippen molar-refractivity contribution in [1.29, 1.82) is 0 Å². The Morgan fingerprint density at radius 2 is 0.486 bits per heavy atom. The first kappa shape index (κ1) is 86.5. The van der Waals surface area contributed by atoms with E-state index < -0.39 is 0 Å². The molecule has 0 amide bonds. The number of hydrogen-bond donors (Lipinski definition) is 0. The van der Waals surface area contributed by atoms with Crippen LogP contribution in [0.15, 0.2) is 540 Å². The van der Waals surface area contributed by atoms with Gasteiger partial charge in [-0.05, 0) is 35.4 Å². The van der Waals surface area contributed by atoms with Gasteiger partial charge in [0.2, 0.25) is 5.76 Å². The standard InChI is InChI=1S/2C28H19N3O.3C23H15NO2/c1-4-12-20(13-5-1)26-25(29-30-31(26)22-16-8-3-9-17-22)28-24-19-11-10-18-23(24)27(32-28)21-14-6-2-7-15-21;1-4-12-20(13-5-1)25-26(30-31(29-25)22-16-8-3-9-17-22)28-24-19-11-10-18-23(24)27(32-28)21-14-6-2-7-15-21;1-3-9-16(10-4-1)20-23(25-15-24-20)22-19-14-8-7-13-18(19)21(26-22)17-11-5-2-6-12-17;1-3-9-16(10-4-1)20-15-25-24-21(20)23-19-14-8-7-13-18(19)22(26-23)17-11-5-2-6-12-17;1-3-9-16(10-4-1)20-15-24-26-23(20)22-19-14-8-7-13-18(19)21(25-22)17-11-5-2-6-12-17/h2*1-19H;3*1-15H. The van der Waals surface area contributed by atoms with Crippen LogP contribution in [0.2, 0.25) is 0 Å². The van der Waals surface area contributed by atoms with Crippen molar-refractivity contribution >= 4 is 53.9 Å². The van der Waals surface area contributed by atoms with E-state index >= 15 is 0 Å². The molecular weight excluding hydrogens is 1760 g/mol. The van der Waals surface area contributed by atoms with Gasteiger partial charge in [-0.15, -0.1) is 15.3 Å². The molecule has 0 atom stereocenters. The number of benzene rings is 17. The third-order valence-electron chi connectivity index (χ3n) is 24.6. The van der Waals surface area contributed by atoms with Crippen LogP contribution in [-0.4, -0.2) is 45.3 Å². The second-order valence-electron chi connectivity index (χ2n) is 33.4. The average molecular weight is 1840 g/mol. The molecule has 0 fully saturated rings. The van der Waals surface area contributed by atoms with E-state index in [9.17, 15) is 0 Å². The van der Waals surface area contributed by atoms with E-state index in [0.717, 1.165) is 212 Å². The fourth-order valence-corrected chi connectivity index (χ4v) is 18.0. The molecule has 0 aliphatic rings. The Morgan fingerprint density at radius 3 is 0.873 bits per heavy atom. The van der Waals surface area contributed by atoms with Crippen molar-refractivity contribution in [2.75, 3.05) is 0 Å². The Hall–Kier alpha value is -19.7. The summed E-state index contributed by atoms with van der Waals surface area (Å²) >= 11 is 0. The normalized spacial score (nSPS) is 11.1. The first-order valence-electron chi connectivity index (χ1n) is 46.5. The number of fused-ring (bicyclic) bond motifs is 5. The first-order chi connectivity index (χ1) is 70.5. The van der Waals surface area contributed by atoms with Crippen LogP contribution in [0.3, 0.4) is 0 Å². The molecule has 0 aliphatic carbocycles. The number of para-hydroxylation sites is 2. The molecule has 0 spiro atoms. The van der Waals surface area contributed by atoms with Gasteiger partial charge in [0, 0.05) is 98.4 Å². The van der Waals surface area contributed by atoms with Crippen molar-refractivity contribution in [3.8, 4) is 181 Å². The SMILES string of the molecule is c1ccc(-c2cnoc2-c2oc(-c3ccccc3)c3ccccc23)cc1.c1ccc(-c2conc2-c2oc(-c3ccccc3)c3ccccc23)cc1.c1ccc(-c2ncoc2-c2oc(-c3ccccc3)c3ccccc23)cc1.c1ccc(-c2nn(-c3ccccc3)nc2-c2oc(-c3ccccc3)c3ccccc23)cc1.c1ccc(-c2oc(-c3nnn(-c4ccccc4)c3-c3ccccc3)c3ccccc23)cc1. The Labute approximate surface area is 815 Å². The molecular formula is C125H83N9O8. The highest BCUT2D eigenvalue weighted by atomic mass is 16.5. The summed E-state index contributed by atoms with van der Waals surface area (Å²) in [5.74, 6) is 9.08. The van der Waals surface area contributed by atoms with Crippen LogP contribution in [0.4, 0.5) is 0 Å². The van der Waals surface area contributed by atoms with E-state index in [2.05, 4.69) is 135 Å². The highest BCUT2D eigenvalue weighted by Crippen LogP contribution is 2.49. The maximum absolute atomic E-state index is 6.53. The zero-order valence-corrected chi connectivity index (χ0v) is 76.2. The van der Waals surface area contributed by atoms with Crippen molar-refractivity contribution in [2.24, 2.45) is 0 Å². The quantitative estimate of drug-likeness (QED) is 0.0831. The smallest absolute Gasteiger partial charge is 0.210 e. The van der Waals surface area contributed by atoms with Gasteiger partial charge in [-0.2, -0.15) is 4.80 Å². The lowest BCUT2D eigenvalue weighted by Gasteiger charge is -2.08. The van der Waals surface area contributed by atoms with Gasteiger partial charge in [0.1, 0.15) is 52.1 Å². The Kier molecular flexibility index (Phi) is 24.2. The minimum atomic E-state index is 0.648. The fraction of sp³-hybridized carbons (Fsp3) is 0. The molecule has 10 heterocycles. The number of furan rings is 5. The fourth-order valence-electron chi connectivity index (χ4n) is 18.0. The number of hydrogen-bond acceptors (Lipinski definition) is 15. The molecule has 676 valence electrons. The maximum atomic E-state index is 6.53. The van der Waals surface area contributed by atoms with E-state index in [4.69, 9.17) is 45.7 Å². The highest BCUT2D eigenvalue weighted by molar-refractivity contribution is 6.09. The van der Waals surface area contributed by atoms with Crippen LogP contribution in [0.1, 0.15) is 0 Å². The van der Waals surface area contributed by atoms with Gasteiger partial charge < -0.3 is 35.5 Å². The van der Waals surface area contributed by atoms with Gasteiger partial charge in [0.25, 0.3) is 0 Å². The lowest BCUT2D eigenvalue weighted by molar-refractivity contribution is 0.420. The molecule has 0 radical (unpaired) electrons. The number of rotatable bonds is 17. The molecule has 27 rings (SSSR count). The van der Waals surface area contributed by atoms with Crippen LogP contribution in [0.5, 0.6) is 0 Å². The summed E-state index contributed by atoms with van der Waals surface area (Å²) in [7, 11) is 0. The van der Waals surface area contributed by atoms with E-state index in [-0.39, 0.29) is 0 Å². The third-order valence-corrected chi connectivity index (χ3v) is 24.6. The second-order valence-corrected chi connectivity index (χ2v) is 33.4. The lowest BCUT2D eigenvalue weighted by atomic mass is 10.0. The molecule has 0 N–H and O–H groups in total. The monoisotopic (exact) mass is 1840 g/mol. The highest BCUT2D eigenvalue weighted by Gasteiger charge is 2.30. The van der Waals surface area contributed by atoms with Gasteiger partial charge in [-0.1, -0.05) is 477 Å². The molecule has 10 aromatic heterocycles. The summed E-state index contributed by atoms with van der Waals surface area (Å²) in [6.07, 6.45) is 4.88. The van der Waals surface area contributed by atoms with Gasteiger partial charge in [0.15, 0.2) is 58.0 Å². The van der Waals surface area contributed by atoms with Crippen LogP contribution in [-0.2, 0) is 0 Å². The molecule has 17 aromatic carbocycles. The summed E-state index contributed by atoms with van der Waals surface area (Å²) < 4.78 is 50.6. The molecule has 0 saturated carbocycles. The molecule has 17 nitrogen and oxygen atoms in total. The second kappa shape index (κ2) is 39.7. The van der Waals surface area contributed by atoms with Crippen LogP contribution >= 0.6 is 0 Å². The third kappa shape index (κ3) is 17.3. The van der Waals surface area contributed by atoms with Crippen molar-refractivity contribution in [3.05, 3.63) is 504 Å². The molecule has 0 bridgehead atoms. The van der Waals surface area contributed by atoms with E-state index in [1.165, 1.54) is 6.39 Å². The minimum absolute atomic E-state index is 0.648. The van der Waals surface area contributed by atoms with E-state index in [0.29, 0.717) is 23.0 Å². The molecule has 0 saturated heterocycles. The van der Waals surface area contributed by atoms with Crippen molar-refractivity contribution in [1.82, 2.24) is 45.3 Å². The Morgan fingerprint density at radius 1 is 0.204 bits per heavy atom. The van der Waals surface area contributed by atoms with Gasteiger partial charge >= 0.3 is 0 Å². The van der Waals surface area contributed by atoms with Crippen molar-refractivity contribution < 1.29 is 35.5 Å². The van der Waals surface area contributed by atoms with Gasteiger partial charge in [-0.25, -0.2) is 9.67 Å². The predicted molar refractivity (Wildman–Crippen MR) is 563 cm³/mol. The largest absolute Gasteiger partial charge is 0.453 e. The Balaban J connectivity index is 0.0000000990. The van der Waals surface area contributed by atoms with Crippen molar-refractivity contribution in [3.63, 3.8) is 0 Å². The average Bonchev–Trinajstić information content (AvgIpc) is 1.61. The molecule has 0 unspecified atom stereocenters. The zero-order valence-electron chi connectivity index (χ0n) is 76.2. The van der Waals surface area contributed by atoms with Gasteiger partial charge in [-0.3, -0.25) is 0 Å². The summed E-state index contributed by atoms with van der Waals surface area (Å²) in [6, 6.07) is 162. The van der Waals surface area contributed by atoms with E-state index in [1.807, 2.05) is 381 Å².